The molecule has 0 radical (unpaired) electrons. The summed E-state index contributed by atoms with van der Waals surface area (Å²) in [6.45, 7) is 0.633. The van der Waals surface area contributed by atoms with Crippen LogP contribution in [0.3, 0.4) is 0 Å². The number of nitrogens with zero attached hydrogens (tertiary/aromatic N) is 3. The van der Waals surface area contributed by atoms with Gasteiger partial charge in [0.1, 0.15) is 6.20 Å². The molecule has 6 heteroatoms. The predicted octanol–water partition coefficient (Wildman–Crippen LogP) is 2.50. The summed E-state index contributed by atoms with van der Waals surface area (Å²) in [5, 5.41) is 10.6. The summed E-state index contributed by atoms with van der Waals surface area (Å²) in [6.07, 6.45) is 2.93. The maximum atomic E-state index is 10.6. The lowest BCUT2D eigenvalue weighted by Crippen LogP contribution is -2.09. The third kappa shape index (κ3) is 2.89. The molecule has 94 valence electrons. The van der Waals surface area contributed by atoms with Crippen LogP contribution in [0.2, 0.25) is 0 Å². The Morgan fingerprint density at radius 1 is 1.39 bits per heavy atom. The molecule has 1 unspecified atom stereocenters. The molecule has 0 N–H and O–H groups in total. The van der Waals surface area contributed by atoms with E-state index >= 15 is 0 Å². The molecule has 0 bridgehead atoms. The van der Waals surface area contributed by atoms with Crippen molar-refractivity contribution in [1.82, 2.24) is 9.55 Å². The van der Waals surface area contributed by atoms with E-state index in [4.69, 9.17) is 0 Å². The molecule has 1 atom stereocenters. The van der Waals surface area contributed by atoms with E-state index < -0.39 is 4.92 Å². The maximum absolute atomic E-state index is 10.6. The first-order chi connectivity index (χ1) is 8.70. The van der Waals surface area contributed by atoms with Crippen LogP contribution in [0, 0.1) is 10.1 Å². The van der Waals surface area contributed by atoms with Crippen LogP contribution >= 0.6 is 12.6 Å². The van der Waals surface area contributed by atoms with E-state index in [1.54, 1.807) is 4.57 Å². The summed E-state index contributed by atoms with van der Waals surface area (Å²) < 4.78 is 1.73. The van der Waals surface area contributed by atoms with Crippen LogP contribution in [0.5, 0.6) is 0 Å². The molecule has 0 spiro atoms. The molecule has 0 aliphatic rings. The van der Waals surface area contributed by atoms with Gasteiger partial charge in [-0.05, 0) is 21.2 Å². The Bertz CT molecular complexity index is 527. The second kappa shape index (κ2) is 5.68. The standard InChI is InChI=1S/C12H13N3O2S/c16-15(17)12-7-14(9-13-12)6-11(8-18)10-4-2-1-3-5-10/h1-5,7,9,11,18H,6,8H2. The van der Waals surface area contributed by atoms with E-state index in [1.165, 1.54) is 18.1 Å². The summed E-state index contributed by atoms with van der Waals surface area (Å²) in [6, 6.07) is 9.98. The van der Waals surface area contributed by atoms with Crippen molar-refractivity contribution in [1.29, 1.82) is 0 Å². The van der Waals surface area contributed by atoms with Crippen molar-refractivity contribution in [2.45, 2.75) is 12.5 Å². The second-order valence-electron chi connectivity index (χ2n) is 3.98. The molecule has 0 saturated heterocycles. The van der Waals surface area contributed by atoms with E-state index in [1.807, 2.05) is 30.3 Å². The van der Waals surface area contributed by atoms with E-state index in [0.717, 1.165) is 0 Å². The Morgan fingerprint density at radius 2 is 2.11 bits per heavy atom. The fourth-order valence-electron chi connectivity index (χ4n) is 1.79. The van der Waals surface area contributed by atoms with Crippen LogP contribution in [0.4, 0.5) is 5.82 Å². The summed E-state index contributed by atoms with van der Waals surface area (Å²) in [4.78, 5) is 13.8. The SMILES string of the molecule is O=[N+]([O-])c1cn(CC(CS)c2ccccc2)cn1. The van der Waals surface area contributed by atoms with Crippen LogP contribution < -0.4 is 0 Å². The zero-order valence-corrected chi connectivity index (χ0v) is 10.5. The molecule has 0 aliphatic heterocycles. The molecule has 0 saturated carbocycles. The highest BCUT2D eigenvalue weighted by atomic mass is 32.1. The molecule has 1 aromatic carbocycles. The average molecular weight is 263 g/mol. The topological polar surface area (TPSA) is 61.0 Å². The lowest BCUT2D eigenvalue weighted by molar-refractivity contribution is -0.389. The van der Waals surface area contributed by atoms with Gasteiger partial charge in [0.15, 0.2) is 0 Å². The smallest absolute Gasteiger partial charge is 0.358 e. The Balaban J connectivity index is 2.13. The van der Waals surface area contributed by atoms with Crippen molar-refractivity contribution in [3.8, 4) is 0 Å². The van der Waals surface area contributed by atoms with Gasteiger partial charge in [0.05, 0.1) is 0 Å². The summed E-state index contributed by atoms with van der Waals surface area (Å²) in [5.41, 5.74) is 1.17. The number of nitro groups is 1. The normalized spacial score (nSPS) is 12.3. The minimum absolute atomic E-state index is 0.124. The highest BCUT2D eigenvalue weighted by Gasteiger charge is 2.14. The summed E-state index contributed by atoms with van der Waals surface area (Å²) in [5.74, 6) is 0.764. The molecule has 18 heavy (non-hydrogen) atoms. The minimum Gasteiger partial charge on any atom is -0.358 e. The van der Waals surface area contributed by atoms with Crippen LogP contribution in [0.25, 0.3) is 0 Å². The zero-order chi connectivity index (χ0) is 13.0. The number of hydrogen-bond donors (Lipinski definition) is 1. The monoisotopic (exact) mass is 263 g/mol. The molecule has 5 nitrogen and oxygen atoms in total. The number of hydrogen-bond acceptors (Lipinski definition) is 4. The minimum atomic E-state index is -0.491. The van der Waals surface area contributed by atoms with Gasteiger partial charge in [-0.25, -0.2) is 0 Å². The third-order valence-corrected chi connectivity index (χ3v) is 3.17. The molecule has 2 aromatic rings. The van der Waals surface area contributed by atoms with Crippen molar-refractivity contribution in [2.75, 3.05) is 5.75 Å². The molecular formula is C12H13N3O2S. The van der Waals surface area contributed by atoms with Crippen molar-refractivity contribution in [3.05, 3.63) is 58.5 Å². The van der Waals surface area contributed by atoms with Gasteiger partial charge in [-0.2, -0.15) is 12.6 Å². The lowest BCUT2D eigenvalue weighted by Gasteiger charge is -2.14. The van der Waals surface area contributed by atoms with E-state index in [-0.39, 0.29) is 11.7 Å². The van der Waals surface area contributed by atoms with Gasteiger partial charge in [-0.3, -0.25) is 0 Å². The first-order valence-corrected chi connectivity index (χ1v) is 6.16. The molecule has 0 fully saturated rings. The average Bonchev–Trinajstić information content (AvgIpc) is 2.86. The Labute approximate surface area is 110 Å². The first-order valence-electron chi connectivity index (χ1n) is 5.52. The Kier molecular flexibility index (Phi) is 3.99. The van der Waals surface area contributed by atoms with Gasteiger partial charge in [0.2, 0.25) is 6.33 Å². The van der Waals surface area contributed by atoms with Crippen molar-refractivity contribution >= 4 is 18.4 Å². The number of aromatic nitrogens is 2. The third-order valence-electron chi connectivity index (χ3n) is 2.73. The quantitative estimate of drug-likeness (QED) is 0.512. The van der Waals surface area contributed by atoms with Gasteiger partial charge in [-0.1, -0.05) is 30.3 Å². The Hall–Kier alpha value is -1.82. The molecule has 1 heterocycles. The molecular weight excluding hydrogens is 250 g/mol. The molecule has 0 aliphatic carbocycles. The first kappa shape index (κ1) is 12.6. The van der Waals surface area contributed by atoms with Crippen molar-refractivity contribution in [2.24, 2.45) is 0 Å². The van der Waals surface area contributed by atoms with E-state index in [9.17, 15) is 10.1 Å². The van der Waals surface area contributed by atoms with Gasteiger partial charge in [0.25, 0.3) is 0 Å². The Morgan fingerprint density at radius 3 is 2.67 bits per heavy atom. The van der Waals surface area contributed by atoms with Crippen LogP contribution in [-0.2, 0) is 6.54 Å². The van der Waals surface area contributed by atoms with E-state index in [2.05, 4.69) is 17.6 Å². The van der Waals surface area contributed by atoms with Gasteiger partial charge < -0.3 is 14.7 Å². The predicted molar refractivity (Wildman–Crippen MR) is 71.9 cm³/mol. The lowest BCUT2D eigenvalue weighted by atomic mass is 10.0. The number of benzene rings is 1. The van der Waals surface area contributed by atoms with Gasteiger partial charge in [0, 0.05) is 12.5 Å². The van der Waals surface area contributed by atoms with Crippen molar-refractivity contribution < 1.29 is 4.92 Å². The number of rotatable bonds is 5. The highest BCUT2D eigenvalue weighted by molar-refractivity contribution is 7.80. The number of thiol groups is 1. The van der Waals surface area contributed by atoms with Crippen LogP contribution in [0.15, 0.2) is 42.9 Å². The maximum Gasteiger partial charge on any atom is 0.381 e. The molecule has 2 rings (SSSR count). The number of imidazole rings is 1. The summed E-state index contributed by atoms with van der Waals surface area (Å²) >= 11 is 4.34. The fourth-order valence-corrected chi connectivity index (χ4v) is 2.12. The zero-order valence-electron chi connectivity index (χ0n) is 9.64. The highest BCUT2D eigenvalue weighted by Crippen LogP contribution is 2.20. The largest absolute Gasteiger partial charge is 0.381 e. The van der Waals surface area contributed by atoms with Gasteiger partial charge >= 0.3 is 5.82 Å². The van der Waals surface area contributed by atoms with E-state index in [0.29, 0.717) is 12.3 Å². The van der Waals surface area contributed by atoms with Gasteiger partial charge in [-0.15, -0.1) is 0 Å². The molecule has 1 aromatic heterocycles. The fraction of sp³-hybridized carbons (Fsp3) is 0.250. The van der Waals surface area contributed by atoms with Crippen LogP contribution in [0.1, 0.15) is 11.5 Å². The van der Waals surface area contributed by atoms with Crippen LogP contribution in [-0.4, -0.2) is 20.2 Å². The second-order valence-corrected chi connectivity index (χ2v) is 4.34. The summed E-state index contributed by atoms with van der Waals surface area (Å²) in [7, 11) is 0. The molecule has 0 amide bonds. The van der Waals surface area contributed by atoms with Crippen molar-refractivity contribution in [3.63, 3.8) is 0 Å².